The van der Waals surface area contributed by atoms with E-state index in [1.807, 2.05) is 4.90 Å². The van der Waals surface area contributed by atoms with E-state index in [0.29, 0.717) is 43.2 Å². The molecule has 1 N–H and O–H groups in total. The number of fused-ring (bicyclic) bond motifs is 1. The molecule has 166 valence electrons. The lowest BCUT2D eigenvalue weighted by atomic mass is 9.99. The predicted octanol–water partition coefficient (Wildman–Crippen LogP) is 1.10. The number of rotatable bonds is 4. The average Bonchev–Trinajstić information content (AvgIpc) is 3.27. The molecule has 4 rings (SSSR count). The summed E-state index contributed by atoms with van der Waals surface area (Å²) < 4.78 is 32.0. The number of carbonyl (C=O) groups excluding carboxylic acids is 1. The first-order chi connectivity index (χ1) is 14.3. The third-order valence-electron chi connectivity index (χ3n) is 6.31. The number of carbonyl (C=O) groups is 1. The van der Waals surface area contributed by atoms with Gasteiger partial charge in [0.15, 0.2) is 0 Å². The van der Waals surface area contributed by atoms with Crippen molar-refractivity contribution < 1.29 is 17.9 Å². The van der Waals surface area contributed by atoms with Gasteiger partial charge in [0.2, 0.25) is 10.0 Å². The van der Waals surface area contributed by atoms with Gasteiger partial charge in [0, 0.05) is 32.7 Å². The Hall–Kier alpha value is -1.78. The zero-order valence-electron chi connectivity index (χ0n) is 17.6. The van der Waals surface area contributed by atoms with Gasteiger partial charge < -0.3 is 14.6 Å². The number of ether oxygens (including phenoxy) is 1. The Morgan fingerprint density at radius 1 is 1.20 bits per heavy atom. The first kappa shape index (κ1) is 21.5. The minimum absolute atomic E-state index is 0.0215. The molecule has 2 saturated heterocycles. The smallest absolute Gasteiger partial charge is 0.255 e. The van der Waals surface area contributed by atoms with Gasteiger partial charge in [-0.05, 0) is 46.0 Å². The first-order valence-electron chi connectivity index (χ1n) is 10.8. The van der Waals surface area contributed by atoms with Crippen molar-refractivity contribution in [1.82, 2.24) is 19.2 Å². The van der Waals surface area contributed by atoms with Crippen LogP contribution < -0.4 is 5.56 Å². The molecule has 3 aliphatic rings. The topological polar surface area (TPSA) is 113 Å². The SMILES string of the molecule is CC(C)S(=O)(=O)N1CCc2nc(C3CCCCN3C(=O)C3CCCO3)[nH]c(=O)c2C1. The van der Waals surface area contributed by atoms with Crippen LogP contribution >= 0.6 is 0 Å². The lowest BCUT2D eigenvalue weighted by molar-refractivity contribution is -0.145. The molecule has 1 amide bonds. The fourth-order valence-corrected chi connectivity index (χ4v) is 5.78. The first-order valence-corrected chi connectivity index (χ1v) is 12.3. The number of hydrogen-bond donors (Lipinski definition) is 1. The Bertz CT molecular complexity index is 968. The van der Waals surface area contributed by atoms with Gasteiger partial charge in [-0.1, -0.05) is 0 Å². The summed E-state index contributed by atoms with van der Waals surface area (Å²) in [5.41, 5.74) is 0.731. The number of sulfonamides is 1. The third-order valence-corrected chi connectivity index (χ3v) is 8.54. The molecule has 0 aromatic carbocycles. The third kappa shape index (κ3) is 3.92. The molecule has 1 aromatic heterocycles. The van der Waals surface area contributed by atoms with Gasteiger partial charge in [-0.25, -0.2) is 13.4 Å². The molecule has 0 radical (unpaired) electrons. The van der Waals surface area contributed by atoms with Crippen LogP contribution in [-0.4, -0.2) is 64.5 Å². The van der Waals surface area contributed by atoms with Crippen LogP contribution in [0.3, 0.4) is 0 Å². The molecular formula is C20H30N4O5S. The highest BCUT2D eigenvalue weighted by molar-refractivity contribution is 7.89. The highest BCUT2D eigenvalue weighted by Gasteiger charge is 2.37. The maximum atomic E-state index is 13.0. The molecule has 3 aliphatic heterocycles. The van der Waals surface area contributed by atoms with Crippen LogP contribution in [0, 0.1) is 0 Å². The lowest BCUT2D eigenvalue weighted by Gasteiger charge is -2.37. The van der Waals surface area contributed by atoms with Gasteiger partial charge in [0.05, 0.1) is 22.5 Å². The van der Waals surface area contributed by atoms with Crippen LogP contribution in [0.1, 0.15) is 69.1 Å². The Balaban J connectivity index is 1.61. The summed E-state index contributed by atoms with van der Waals surface area (Å²) in [6.45, 7) is 4.87. The molecule has 0 bridgehead atoms. The van der Waals surface area contributed by atoms with E-state index >= 15 is 0 Å². The normalized spacial score (nSPS) is 25.5. The second-order valence-electron chi connectivity index (χ2n) is 8.60. The highest BCUT2D eigenvalue weighted by Crippen LogP contribution is 2.31. The molecule has 4 heterocycles. The molecule has 9 nitrogen and oxygen atoms in total. The van der Waals surface area contributed by atoms with Gasteiger partial charge in [0.1, 0.15) is 11.9 Å². The van der Waals surface area contributed by atoms with Crippen LogP contribution in [0.15, 0.2) is 4.79 Å². The van der Waals surface area contributed by atoms with E-state index in [1.54, 1.807) is 13.8 Å². The van der Waals surface area contributed by atoms with Gasteiger partial charge in [-0.3, -0.25) is 9.59 Å². The molecule has 1 aromatic rings. The number of piperidine rings is 1. The predicted molar refractivity (Wildman–Crippen MR) is 110 cm³/mol. The summed E-state index contributed by atoms with van der Waals surface area (Å²) >= 11 is 0. The number of H-pyrrole nitrogens is 1. The fraction of sp³-hybridized carbons (Fsp3) is 0.750. The zero-order valence-corrected chi connectivity index (χ0v) is 18.4. The lowest BCUT2D eigenvalue weighted by Crippen LogP contribution is -2.46. The molecule has 2 fully saturated rings. The van der Waals surface area contributed by atoms with Crippen molar-refractivity contribution in [2.75, 3.05) is 19.7 Å². The van der Waals surface area contributed by atoms with Crippen molar-refractivity contribution in [1.29, 1.82) is 0 Å². The van der Waals surface area contributed by atoms with Gasteiger partial charge >= 0.3 is 0 Å². The number of likely N-dealkylation sites (tertiary alicyclic amines) is 1. The number of nitrogens with zero attached hydrogens (tertiary/aromatic N) is 3. The van der Waals surface area contributed by atoms with Gasteiger partial charge in [0.25, 0.3) is 11.5 Å². The van der Waals surface area contributed by atoms with E-state index in [4.69, 9.17) is 9.72 Å². The van der Waals surface area contributed by atoms with Crippen molar-refractivity contribution in [2.45, 2.75) is 76.3 Å². The van der Waals surface area contributed by atoms with Crippen molar-refractivity contribution in [3.05, 3.63) is 27.4 Å². The van der Waals surface area contributed by atoms with Crippen molar-refractivity contribution in [3.63, 3.8) is 0 Å². The molecule has 0 spiro atoms. The van der Waals surface area contributed by atoms with Crippen LogP contribution in [0.2, 0.25) is 0 Å². The number of nitrogens with one attached hydrogen (secondary N) is 1. The van der Waals surface area contributed by atoms with Crippen molar-refractivity contribution in [3.8, 4) is 0 Å². The number of amides is 1. The fourth-order valence-electron chi connectivity index (χ4n) is 4.53. The number of aromatic amines is 1. The summed E-state index contributed by atoms with van der Waals surface area (Å²) in [5, 5.41) is -0.537. The van der Waals surface area contributed by atoms with E-state index in [-0.39, 0.29) is 24.1 Å². The van der Waals surface area contributed by atoms with Crippen LogP contribution in [0.4, 0.5) is 0 Å². The molecular weight excluding hydrogens is 408 g/mol. The highest BCUT2D eigenvalue weighted by atomic mass is 32.2. The summed E-state index contributed by atoms with van der Waals surface area (Å²) in [6.07, 6.45) is 4.24. The summed E-state index contributed by atoms with van der Waals surface area (Å²) in [4.78, 5) is 35.2. The van der Waals surface area contributed by atoms with Crippen LogP contribution in [0.25, 0.3) is 0 Å². The molecule has 0 aliphatic carbocycles. The van der Waals surface area contributed by atoms with Gasteiger partial charge in [-0.15, -0.1) is 0 Å². The molecule has 0 saturated carbocycles. The Kier molecular flexibility index (Phi) is 6.00. The average molecular weight is 439 g/mol. The van der Waals surface area contributed by atoms with Gasteiger partial charge in [-0.2, -0.15) is 4.31 Å². The Morgan fingerprint density at radius 3 is 2.70 bits per heavy atom. The number of hydrogen-bond acceptors (Lipinski definition) is 6. The zero-order chi connectivity index (χ0) is 21.5. The quantitative estimate of drug-likeness (QED) is 0.753. The molecule has 2 atom stereocenters. The van der Waals surface area contributed by atoms with Crippen LogP contribution in [0.5, 0.6) is 0 Å². The molecule has 30 heavy (non-hydrogen) atoms. The van der Waals surface area contributed by atoms with E-state index in [0.717, 1.165) is 32.1 Å². The van der Waals surface area contributed by atoms with E-state index in [1.165, 1.54) is 4.31 Å². The maximum Gasteiger partial charge on any atom is 0.255 e. The molecule has 10 heteroatoms. The van der Waals surface area contributed by atoms with Crippen LogP contribution in [-0.2, 0) is 32.5 Å². The summed E-state index contributed by atoms with van der Waals surface area (Å²) in [6, 6.07) is -0.272. The molecule has 2 unspecified atom stereocenters. The monoisotopic (exact) mass is 438 g/mol. The largest absolute Gasteiger partial charge is 0.368 e. The van der Waals surface area contributed by atoms with E-state index < -0.39 is 21.4 Å². The standard InChI is InChI=1S/C20H30N4O5S/c1-13(2)30(27,28)23-10-8-15-14(12-23)19(25)22-18(21-15)16-6-3-4-9-24(16)20(26)17-7-5-11-29-17/h13,16-17H,3-12H2,1-2H3,(H,21,22,25). The van der Waals surface area contributed by atoms with E-state index in [9.17, 15) is 18.0 Å². The summed E-state index contributed by atoms with van der Waals surface area (Å²) in [7, 11) is -3.43. The summed E-state index contributed by atoms with van der Waals surface area (Å²) in [5.74, 6) is 0.483. The second-order valence-corrected chi connectivity index (χ2v) is 11.1. The Morgan fingerprint density at radius 2 is 2.00 bits per heavy atom. The second kappa shape index (κ2) is 8.39. The maximum absolute atomic E-state index is 13.0. The minimum Gasteiger partial charge on any atom is -0.368 e. The Labute approximate surface area is 176 Å². The van der Waals surface area contributed by atoms with Crippen molar-refractivity contribution >= 4 is 15.9 Å². The van der Waals surface area contributed by atoms with Crippen molar-refractivity contribution in [2.24, 2.45) is 0 Å². The number of aromatic nitrogens is 2. The van der Waals surface area contributed by atoms with E-state index in [2.05, 4.69) is 4.98 Å². The minimum atomic E-state index is -3.43.